The minimum Gasteiger partial charge on any atom is -0.462 e. The van der Waals surface area contributed by atoms with Crippen LogP contribution in [0.25, 0.3) is 0 Å². The van der Waals surface area contributed by atoms with E-state index in [1.807, 2.05) is 0 Å². The predicted octanol–water partition coefficient (Wildman–Crippen LogP) is 18.6. The molecule has 0 aromatic rings. The molecule has 0 N–H and O–H groups in total. The van der Waals surface area contributed by atoms with E-state index in [0.717, 1.165) is 161 Å². The Morgan fingerprint density at radius 3 is 0.913 bits per heavy atom. The second kappa shape index (κ2) is 56.1. The van der Waals surface area contributed by atoms with Crippen LogP contribution in [0.15, 0.2) is 134 Å². The molecule has 0 amide bonds. The summed E-state index contributed by atoms with van der Waals surface area (Å²) in [5.41, 5.74) is 0. The van der Waals surface area contributed by atoms with Gasteiger partial charge in [-0.15, -0.1) is 0 Å². The highest BCUT2D eigenvalue weighted by Gasteiger charge is 2.19. The molecule has 0 aromatic carbocycles. The van der Waals surface area contributed by atoms with Gasteiger partial charge in [0, 0.05) is 19.3 Å². The van der Waals surface area contributed by atoms with E-state index in [1.165, 1.54) is 25.7 Å². The highest BCUT2D eigenvalue weighted by molar-refractivity contribution is 5.71. The Hall–Kier alpha value is -4.45. The van der Waals surface area contributed by atoms with Gasteiger partial charge >= 0.3 is 17.9 Å². The van der Waals surface area contributed by atoms with Crippen LogP contribution >= 0.6 is 0 Å². The van der Waals surface area contributed by atoms with Crippen molar-refractivity contribution in [1.29, 1.82) is 0 Å². The van der Waals surface area contributed by atoms with Gasteiger partial charge in [0.2, 0.25) is 0 Å². The lowest BCUT2D eigenvalue weighted by atomic mass is 10.1. The van der Waals surface area contributed by atoms with E-state index in [4.69, 9.17) is 14.2 Å². The van der Waals surface area contributed by atoms with E-state index in [2.05, 4.69) is 154 Å². The van der Waals surface area contributed by atoms with E-state index >= 15 is 0 Å². The van der Waals surface area contributed by atoms with Crippen LogP contribution in [-0.2, 0) is 28.6 Å². The van der Waals surface area contributed by atoms with E-state index in [9.17, 15) is 14.4 Å². The summed E-state index contributed by atoms with van der Waals surface area (Å²) in [5.74, 6) is -0.973. The van der Waals surface area contributed by atoms with Gasteiger partial charge < -0.3 is 14.2 Å². The molecular formula is C63H100O6. The number of esters is 3. The molecule has 0 aliphatic heterocycles. The number of hydrogen-bond acceptors (Lipinski definition) is 6. The third kappa shape index (κ3) is 54.4. The Morgan fingerprint density at radius 1 is 0.304 bits per heavy atom. The molecule has 0 heterocycles. The minimum absolute atomic E-state index is 0.105. The fourth-order valence-corrected chi connectivity index (χ4v) is 7.00. The van der Waals surface area contributed by atoms with Gasteiger partial charge in [0.05, 0.1) is 0 Å². The van der Waals surface area contributed by atoms with Crippen molar-refractivity contribution in [3.8, 4) is 0 Å². The normalized spacial score (nSPS) is 13.1. The molecule has 0 aliphatic rings. The van der Waals surface area contributed by atoms with Gasteiger partial charge in [-0.2, -0.15) is 0 Å². The van der Waals surface area contributed by atoms with Crippen LogP contribution in [0, 0.1) is 0 Å². The second-order valence-electron chi connectivity index (χ2n) is 17.7. The first-order chi connectivity index (χ1) is 34.0. The minimum atomic E-state index is -0.809. The van der Waals surface area contributed by atoms with Crippen LogP contribution in [0.2, 0.25) is 0 Å². The molecule has 0 saturated carbocycles. The van der Waals surface area contributed by atoms with Crippen molar-refractivity contribution in [2.75, 3.05) is 13.2 Å². The molecule has 0 bridgehead atoms. The van der Waals surface area contributed by atoms with Gasteiger partial charge in [-0.05, 0) is 128 Å². The van der Waals surface area contributed by atoms with Crippen LogP contribution < -0.4 is 0 Å². The Balaban J connectivity index is 4.44. The molecule has 0 rings (SSSR count). The summed E-state index contributed by atoms with van der Waals surface area (Å²) in [6, 6.07) is 0. The summed E-state index contributed by atoms with van der Waals surface area (Å²) >= 11 is 0. The molecule has 1 unspecified atom stereocenters. The molecular weight excluding hydrogens is 853 g/mol. The summed E-state index contributed by atoms with van der Waals surface area (Å²) < 4.78 is 16.8. The van der Waals surface area contributed by atoms with Crippen molar-refractivity contribution in [2.45, 2.75) is 232 Å². The zero-order valence-corrected chi connectivity index (χ0v) is 44.3. The van der Waals surface area contributed by atoms with E-state index in [0.29, 0.717) is 19.3 Å². The van der Waals surface area contributed by atoms with Crippen LogP contribution in [0.1, 0.15) is 226 Å². The molecule has 0 fully saturated rings. The van der Waals surface area contributed by atoms with E-state index in [1.54, 1.807) is 0 Å². The van der Waals surface area contributed by atoms with E-state index < -0.39 is 6.10 Å². The third-order valence-electron chi connectivity index (χ3n) is 11.1. The highest BCUT2D eigenvalue weighted by atomic mass is 16.6. The molecule has 6 nitrogen and oxygen atoms in total. The Kier molecular flexibility index (Phi) is 52.5. The van der Waals surface area contributed by atoms with Crippen molar-refractivity contribution in [3.05, 3.63) is 134 Å². The Bertz CT molecular complexity index is 1510. The van der Waals surface area contributed by atoms with Gasteiger partial charge in [0.1, 0.15) is 13.2 Å². The van der Waals surface area contributed by atoms with Crippen molar-refractivity contribution in [3.63, 3.8) is 0 Å². The first kappa shape index (κ1) is 64.5. The summed E-state index contributed by atoms with van der Waals surface area (Å²) in [5, 5.41) is 0. The van der Waals surface area contributed by atoms with Crippen LogP contribution in [0.4, 0.5) is 0 Å². The topological polar surface area (TPSA) is 78.9 Å². The fraction of sp³-hybridized carbons (Fsp3) is 0.603. The van der Waals surface area contributed by atoms with Gasteiger partial charge in [-0.25, -0.2) is 0 Å². The number of allylic oxidation sites excluding steroid dienone is 22. The quantitative estimate of drug-likeness (QED) is 0.0262. The monoisotopic (exact) mass is 953 g/mol. The highest BCUT2D eigenvalue weighted by Crippen LogP contribution is 2.13. The Morgan fingerprint density at radius 2 is 0.565 bits per heavy atom. The maximum atomic E-state index is 12.8. The number of carbonyl (C=O) groups excluding carboxylic acids is 3. The second-order valence-corrected chi connectivity index (χ2v) is 17.7. The van der Waals surface area contributed by atoms with Gasteiger partial charge in [-0.1, -0.05) is 212 Å². The van der Waals surface area contributed by atoms with Gasteiger partial charge in [0.15, 0.2) is 6.10 Å². The van der Waals surface area contributed by atoms with Crippen molar-refractivity contribution >= 4 is 17.9 Å². The maximum absolute atomic E-state index is 12.8. The zero-order chi connectivity index (χ0) is 50.0. The number of carbonyl (C=O) groups is 3. The fourth-order valence-electron chi connectivity index (χ4n) is 7.00. The van der Waals surface area contributed by atoms with Crippen LogP contribution in [0.5, 0.6) is 0 Å². The summed E-state index contributed by atoms with van der Waals surface area (Å²) in [6.45, 7) is 6.31. The third-order valence-corrected chi connectivity index (χ3v) is 11.1. The van der Waals surface area contributed by atoms with Crippen molar-refractivity contribution < 1.29 is 28.6 Å². The predicted molar refractivity (Wildman–Crippen MR) is 297 cm³/mol. The average molecular weight is 953 g/mol. The smallest absolute Gasteiger partial charge is 0.306 e. The molecule has 69 heavy (non-hydrogen) atoms. The van der Waals surface area contributed by atoms with Crippen molar-refractivity contribution in [2.24, 2.45) is 0 Å². The molecule has 1 atom stereocenters. The van der Waals surface area contributed by atoms with Gasteiger partial charge in [0.25, 0.3) is 0 Å². The summed E-state index contributed by atoms with van der Waals surface area (Å²) in [7, 11) is 0. The zero-order valence-electron chi connectivity index (χ0n) is 44.3. The number of ether oxygens (including phenoxy) is 3. The molecule has 0 saturated heterocycles. The molecule has 6 heteroatoms. The van der Waals surface area contributed by atoms with E-state index in [-0.39, 0.29) is 31.1 Å². The first-order valence-corrected chi connectivity index (χ1v) is 27.7. The SMILES string of the molecule is CC/C=C\C/C=C\C/C=C\C/C=C\C/C=C\C/C=C\C/C=C\CCCCCC(=O)OCC(COC(=O)CCCCCCC/C=C\CCCC)OC(=O)CCCCCCC/C=C\C/C=C\C/C=C\CC. The first-order valence-electron chi connectivity index (χ1n) is 27.7. The van der Waals surface area contributed by atoms with Gasteiger partial charge in [-0.3, -0.25) is 14.4 Å². The van der Waals surface area contributed by atoms with Crippen molar-refractivity contribution in [1.82, 2.24) is 0 Å². The molecule has 388 valence electrons. The number of hydrogen-bond donors (Lipinski definition) is 0. The molecule has 0 aliphatic carbocycles. The summed E-state index contributed by atoms with van der Waals surface area (Å²) in [4.78, 5) is 38.0. The molecule has 0 spiro atoms. The lowest BCUT2D eigenvalue weighted by Crippen LogP contribution is -2.30. The lowest BCUT2D eigenvalue weighted by Gasteiger charge is -2.18. The molecule has 0 radical (unpaired) electrons. The summed E-state index contributed by atoms with van der Waals surface area (Å²) in [6.07, 6.45) is 78.7. The lowest BCUT2D eigenvalue weighted by molar-refractivity contribution is -0.167. The average Bonchev–Trinajstić information content (AvgIpc) is 3.35. The maximum Gasteiger partial charge on any atom is 0.306 e. The molecule has 0 aromatic heterocycles. The standard InChI is InChI=1S/C63H100O6/c1-4-7-10-13-16-19-22-24-26-27-28-29-30-31-32-33-34-35-37-38-41-44-47-50-53-56-62(65)68-59-60(58-67-61(64)55-52-49-46-43-40-21-18-15-12-9-6-3)69-63(66)57-54-51-48-45-42-39-36-25-23-20-17-14-11-8-5-2/h7-8,10-11,15-20,24-26,28-29,31-32,34-36,38,41,60H,4-6,9,12-14,21-23,27,30,33,37,39-40,42-59H2,1-3H3/b10-7-,11-8-,18-15-,19-16-,20-17-,26-24-,29-28-,32-31-,35-34-,36-25-,41-38-. The number of rotatable bonds is 48. The van der Waals surface area contributed by atoms with Crippen LogP contribution in [-0.4, -0.2) is 37.2 Å². The van der Waals surface area contributed by atoms with Crippen LogP contribution in [0.3, 0.4) is 0 Å². The Labute approximate surface area is 424 Å². The number of unbranched alkanes of at least 4 members (excludes halogenated alkanes) is 15. The largest absolute Gasteiger partial charge is 0.462 e.